The monoisotopic (exact) mass is 272 g/mol. The second-order valence-corrected chi connectivity index (χ2v) is 4.32. The maximum Gasteiger partial charge on any atom is 0.247 e. The number of ether oxygens (including phenoxy) is 1. The summed E-state index contributed by atoms with van der Waals surface area (Å²) in [6.07, 6.45) is 2.43. The van der Waals surface area contributed by atoms with Crippen molar-refractivity contribution in [3.8, 4) is 5.75 Å². The molecule has 5 nitrogen and oxygen atoms in total. The Kier molecular flexibility index (Phi) is 4.20. The smallest absolute Gasteiger partial charge is 0.247 e. The third-order valence-electron chi connectivity index (χ3n) is 3.09. The summed E-state index contributed by atoms with van der Waals surface area (Å²) in [7, 11) is 1.55. The number of aldehydes is 1. The highest BCUT2D eigenvalue weighted by molar-refractivity contribution is 5.95. The molecule has 1 heterocycles. The Balaban J connectivity index is 2.18. The second kappa shape index (κ2) is 6.06. The zero-order valence-corrected chi connectivity index (χ0v) is 11.4. The molecule has 0 spiro atoms. The minimum Gasteiger partial charge on any atom is -0.495 e. The van der Waals surface area contributed by atoms with E-state index in [2.05, 4.69) is 5.32 Å². The largest absolute Gasteiger partial charge is 0.495 e. The van der Waals surface area contributed by atoms with E-state index in [1.54, 1.807) is 49.1 Å². The molecule has 0 saturated carbocycles. The number of benzene rings is 1. The van der Waals surface area contributed by atoms with Crippen LogP contribution in [0, 0.1) is 0 Å². The Morgan fingerprint density at radius 2 is 2.05 bits per heavy atom. The van der Waals surface area contributed by atoms with Gasteiger partial charge in [0.15, 0.2) is 6.29 Å². The molecule has 0 aliphatic rings. The summed E-state index contributed by atoms with van der Waals surface area (Å²) in [5.74, 6) is 0.380. The molecule has 0 radical (unpaired) electrons. The fourth-order valence-corrected chi connectivity index (χ4v) is 1.97. The van der Waals surface area contributed by atoms with E-state index >= 15 is 0 Å². The van der Waals surface area contributed by atoms with Crippen LogP contribution in [0.1, 0.15) is 23.5 Å². The van der Waals surface area contributed by atoms with Gasteiger partial charge in [-0.15, -0.1) is 0 Å². The van der Waals surface area contributed by atoms with Crippen molar-refractivity contribution in [1.82, 2.24) is 4.57 Å². The highest BCUT2D eigenvalue weighted by Gasteiger charge is 2.17. The van der Waals surface area contributed by atoms with E-state index in [1.807, 2.05) is 12.1 Å². The van der Waals surface area contributed by atoms with Crippen molar-refractivity contribution in [3.63, 3.8) is 0 Å². The van der Waals surface area contributed by atoms with Crippen molar-refractivity contribution >= 4 is 17.9 Å². The van der Waals surface area contributed by atoms with Gasteiger partial charge in [-0.3, -0.25) is 9.59 Å². The number of carbonyl (C=O) groups is 2. The highest BCUT2D eigenvalue weighted by atomic mass is 16.5. The molecule has 20 heavy (non-hydrogen) atoms. The number of amides is 1. The molecule has 1 aromatic heterocycles. The topological polar surface area (TPSA) is 60.3 Å². The standard InChI is InChI=1S/C15H16N2O3/c1-11(17-9-5-6-12(17)10-18)15(19)16-13-7-3-4-8-14(13)20-2/h3-11H,1-2H3,(H,16,19). The molecule has 1 atom stereocenters. The van der Waals surface area contributed by atoms with E-state index < -0.39 is 6.04 Å². The second-order valence-electron chi connectivity index (χ2n) is 4.32. The van der Waals surface area contributed by atoms with E-state index in [9.17, 15) is 9.59 Å². The molecule has 1 unspecified atom stereocenters. The van der Waals surface area contributed by atoms with Crippen LogP contribution in [0.25, 0.3) is 0 Å². The first-order valence-corrected chi connectivity index (χ1v) is 6.23. The van der Waals surface area contributed by atoms with Crippen LogP contribution in [0.5, 0.6) is 5.75 Å². The third kappa shape index (κ3) is 2.71. The van der Waals surface area contributed by atoms with Gasteiger partial charge in [0.25, 0.3) is 0 Å². The van der Waals surface area contributed by atoms with Gasteiger partial charge in [0.1, 0.15) is 11.8 Å². The van der Waals surface area contributed by atoms with Gasteiger partial charge in [0.05, 0.1) is 18.5 Å². The Morgan fingerprint density at radius 1 is 1.30 bits per heavy atom. The van der Waals surface area contributed by atoms with E-state index in [-0.39, 0.29) is 5.91 Å². The molecule has 0 aliphatic carbocycles. The van der Waals surface area contributed by atoms with Crippen molar-refractivity contribution in [2.24, 2.45) is 0 Å². The van der Waals surface area contributed by atoms with Crippen LogP contribution in [0.4, 0.5) is 5.69 Å². The highest BCUT2D eigenvalue weighted by Crippen LogP contribution is 2.24. The van der Waals surface area contributed by atoms with Crippen molar-refractivity contribution in [2.45, 2.75) is 13.0 Å². The summed E-state index contributed by atoms with van der Waals surface area (Å²) < 4.78 is 6.81. The zero-order chi connectivity index (χ0) is 14.5. The van der Waals surface area contributed by atoms with Gasteiger partial charge < -0.3 is 14.6 Å². The first-order valence-electron chi connectivity index (χ1n) is 6.23. The quantitative estimate of drug-likeness (QED) is 0.851. The molecule has 2 rings (SSSR count). The zero-order valence-electron chi connectivity index (χ0n) is 11.4. The fourth-order valence-electron chi connectivity index (χ4n) is 1.97. The molecule has 1 aromatic carbocycles. The molecule has 1 N–H and O–H groups in total. The van der Waals surface area contributed by atoms with Crippen molar-refractivity contribution in [2.75, 3.05) is 12.4 Å². The first kappa shape index (κ1) is 13.9. The number of nitrogens with one attached hydrogen (secondary N) is 1. The molecule has 0 bridgehead atoms. The number of anilines is 1. The van der Waals surface area contributed by atoms with Gasteiger partial charge in [0, 0.05) is 6.20 Å². The summed E-state index contributed by atoms with van der Waals surface area (Å²) >= 11 is 0. The number of rotatable bonds is 5. The molecule has 2 aromatic rings. The molecule has 0 saturated heterocycles. The van der Waals surface area contributed by atoms with Crippen LogP contribution in [0.15, 0.2) is 42.6 Å². The van der Waals surface area contributed by atoms with Crippen LogP contribution in [-0.4, -0.2) is 23.9 Å². The molecular weight excluding hydrogens is 256 g/mol. The number of aromatic nitrogens is 1. The number of para-hydroxylation sites is 2. The molecule has 0 aliphatic heterocycles. The maximum absolute atomic E-state index is 12.2. The van der Waals surface area contributed by atoms with Crippen LogP contribution < -0.4 is 10.1 Å². The summed E-state index contributed by atoms with van der Waals surface area (Å²) in [6, 6.07) is 10.1. The van der Waals surface area contributed by atoms with Gasteiger partial charge in [-0.2, -0.15) is 0 Å². The summed E-state index contributed by atoms with van der Waals surface area (Å²) in [4.78, 5) is 23.1. The lowest BCUT2D eigenvalue weighted by atomic mass is 10.2. The number of hydrogen-bond acceptors (Lipinski definition) is 3. The molecule has 1 amide bonds. The normalized spacial score (nSPS) is 11.7. The summed E-state index contributed by atoms with van der Waals surface area (Å²) in [5.41, 5.74) is 1.07. The molecule has 5 heteroatoms. The van der Waals surface area contributed by atoms with Gasteiger partial charge in [-0.1, -0.05) is 12.1 Å². The number of hydrogen-bond donors (Lipinski definition) is 1. The lowest BCUT2D eigenvalue weighted by Crippen LogP contribution is -2.24. The fraction of sp³-hybridized carbons (Fsp3) is 0.200. The van der Waals surface area contributed by atoms with Crippen LogP contribution in [0.3, 0.4) is 0 Å². The molecule has 0 fully saturated rings. The summed E-state index contributed by atoms with van der Waals surface area (Å²) in [5, 5.41) is 2.80. The Morgan fingerprint density at radius 3 is 2.75 bits per heavy atom. The van der Waals surface area contributed by atoms with E-state index in [4.69, 9.17) is 4.74 Å². The van der Waals surface area contributed by atoms with Gasteiger partial charge in [-0.25, -0.2) is 0 Å². The average molecular weight is 272 g/mol. The van der Waals surface area contributed by atoms with Crippen LogP contribution in [-0.2, 0) is 4.79 Å². The van der Waals surface area contributed by atoms with Crippen molar-refractivity contribution in [1.29, 1.82) is 0 Å². The lowest BCUT2D eigenvalue weighted by molar-refractivity contribution is -0.118. The first-order chi connectivity index (χ1) is 9.67. The van der Waals surface area contributed by atoms with E-state index in [1.165, 1.54) is 0 Å². The maximum atomic E-state index is 12.2. The number of carbonyl (C=O) groups excluding carboxylic acids is 2. The van der Waals surface area contributed by atoms with Crippen molar-refractivity contribution in [3.05, 3.63) is 48.3 Å². The van der Waals surface area contributed by atoms with Gasteiger partial charge in [0.2, 0.25) is 5.91 Å². The number of nitrogens with zero attached hydrogens (tertiary/aromatic N) is 1. The Hall–Kier alpha value is -2.56. The molecular formula is C15H16N2O3. The third-order valence-corrected chi connectivity index (χ3v) is 3.09. The SMILES string of the molecule is COc1ccccc1NC(=O)C(C)n1cccc1C=O. The van der Waals surface area contributed by atoms with Crippen molar-refractivity contribution < 1.29 is 14.3 Å². The van der Waals surface area contributed by atoms with E-state index in [0.717, 1.165) is 6.29 Å². The summed E-state index contributed by atoms with van der Waals surface area (Å²) in [6.45, 7) is 1.73. The van der Waals surface area contributed by atoms with Crippen LogP contribution in [0.2, 0.25) is 0 Å². The van der Waals surface area contributed by atoms with Gasteiger partial charge in [-0.05, 0) is 31.2 Å². The lowest BCUT2D eigenvalue weighted by Gasteiger charge is -2.16. The number of methoxy groups -OCH3 is 1. The van der Waals surface area contributed by atoms with Gasteiger partial charge >= 0.3 is 0 Å². The Labute approximate surface area is 117 Å². The van der Waals surface area contributed by atoms with Crippen LogP contribution >= 0.6 is 0 Å². The van der Waals surface area contributed by atoms with E-state index in [0.29, 0.717) is 17.1 Å². The predicted octanol–water partition coefficient (Wildman–Crippen LogP) is 2.51. The molecule has 104 valence electrons. The Bertz CT molecular complexity index is 619. The predicted molar refractivity (Wildman–Crippen MR) is 76.2 cm³/mol. The average Bonchev–Trinajstić information content (AvgIpc) is 2.95. The minimum absolute atomic E-state index is 0.214. The minimum atomic E-state index is -0.491.